The number of ether oxygens (including phenoxy) is 1. The lowest BCUT2D eigenvalue weighted by Crippen LogP contribution is -2.49. The number of carbonyl (C=O) groups is 1. The lowest BCUT2D eigenvalue weighted by molar-refractivity contribution is -0.128. The van der Waals surface area contributed by atoms with Crippen molar-refractivity contribution in [3.8, 4) is 5.75 Å². The second kappa shape index (κ2) is 9.34. The van der Waals surface area contributed by atoms with Gasteiger partial charge in [-0.25, -0.2) is 0 Å². The molecule has 0 atom stereocenters. The van der Waals surface area contributed by atoms with E-state index in [0.29, 0.717) is 10.7 Å². The summed E-state index contributed by atoms with van der Waals surface area (Å²) in [5.41, 5.74) is 0.636. The van der Waals surface area contributed by atoms with E-state index in [2.05, 4.69) is 5.32 Å². The van der Waals surface area contributed by atoms with Gasteiger partial charge in [0.15, 0.2) is 5.11 Å². The molecule has 27 heavy (non-hydrogen) atoms. The molecule has 0 unspecified atom stereocenters. The normalized spacial score (nSPS) is 15.1. The minimum Gasteiger partial charge on any atom is -0.495 e. The molecule has 0 aliphatic heterocycles. The van der Waals surface area contributed by atoms with E-state index in [4.69, 9.17) is 21.5 Å². The molecule has 1 aliphatic carbocycles. The zero-order chi connectivity index (χ0) is 20.0. The van der Waals surface area contributed by atoms with Crippen molar-refractivity contribution in [2.24, 2.45) is 0 Å². The average Bonchev–Trinajstić information content (AvgIpc) is 2.61. The summed E-state index contributed by atoms with van der Waals surface area (Å²) in [6.07, 6.45) is 5.14. The molecule has 1 saturated carbocycles. The minimum absolute atomic E-state index is 0.0441. The first-order valence-electron chi connectivity index (χ1n) is 8.71. The first-order valence-corrected chi connectivity index (χ1v) is 10.6. The van der Waals surface area contributed by atoms with Gasteiger partial charge in [-0.05, 0) is 42.8 Å². The highest BCUT2D eigenvalue weighted by molar-refractivity contribution is 7.87. The summed E-state index contributed by atoms with van der Waals surface area (Å²) in [6.45, 7) is 0. The van der Waals surface area contributed by atoms with Crippen LogP contribution in [0, 0.1) is 0 Å². The van der Waals surface area contributed by atoms with Gasteiger partial charge in [-0.2, -0.15) is 8.42 Å². The number of amides is 1. The molecule has 1 aromatic carbocycles. The minimum atomic E-state index is -4.46. The van der Waals surface area contributed by atoms with Crippen molar-refractivity contribution in [3.05, 3.63) is 23.8 Å². The molecule has 2 rings (SSSR count). The van der Waals surface area contributed by atoms with Crippen LogP contribution in [0.2, 0.25) is 0 Å². The van der Waals surface area contributed by atoms with Crippen LogP contribution in [0.1, 0.15) is 37.7 Å². The Labute approximate surface area is 165 Å². The van der Waals surface area contributed by atoms with Gasteiger partial charge >= 0.3 is 10.3 Å². The van der Waals surface area contributed by atoms with Gasteiger partial charge in [0.1, 0.15) is 5.75 Å². The Morgan fingerprint density at radius 2 is 2.00 bits per heavy atom. The molecule has 0 spiro atoms. The van der Waals surface area contributed by atoms with Gasteiger partial charge in [-0.3, -0.25) is 19.0 Å². The molecule has 1 fully saturated rings. The molecule has 0 heterocycles. The molecule has 0 saturated heterocycles. The predicted octanol–water partition coefficient (Wildman–Crippen LogP) is 2.12. The molecule has 8 nitrogen and oxygen atoms in total. The lowest BCUT2D eigenvalue weighted by Gasteiger charge is -2.34. The summed E-state index contributed by atoms with van der Waals surface area (Å²) in [7, 11) is -1.39. The number of benzene rings is 1. The standard InChI is InChI=1S/C17H25N3O5S2/c1-18-17(26)20(13-6-4-3-5-7-13)16(21)11-12-8-9-15(25-2)14(10-12)19-27(22,23)24/h8-10,13,19H,3-7,11H2,1-2H3,(H,18,26)(H,22,23,24). The quantitative estimate of drug-likeness (QED) is 0.482. The average molecular weight is 416 g/mol. The topological polar surface area (TPSA) is 108 Å². The van der Waals surface area contributed by atoms with Crippen LogP contribution in [0.15, 0.2) is 18.2 Å². The zero-order valence-electron chi connectivity index (χ0n) is 15.4. The molecule has 3 N–H and O–H groups in total. The third kappa shape index (κ3) is 6.05. The summed E-state index contributed by atoms with van der Waals surface area (Å²) in [6, 6.07) is 4.75. The highest BCUT2D eigenvalue weighted by atomic mass is 32.2. The smallest absolute Gasteiger partial charge is 0.357 e. The fourth-order valence-electron chi connectivity index (χ4n) is 3.29. The number of hydrogen-bond acceptors (Lipinski definition) is 5. The Morgan fingerprint density at radius 3 is 2.56 bits per heavy atom. The fourth-order valence-corrected chi connectivity index (χ4v) is 3.97. The SMILES string of the molecule is CNC(=S)N(C(=O)Cc1ccc(OC)c(NS(=O)(=O)O)c1)C1CCCCC1. The van der Waals surface area contributed by atoms with Crippen LogP contribution in [0.4, 0.5) is 5.69 Å². The molecule has 0 radical (unpaired) electrons. The van der Waals surface area contributed by atoms with E-state index < -0.39 is 10.3 Å². The van der Waals surface area contributed by atoms with Gasteiger partial charge in [0.05, 0.1) is 19.2 Å². The number of anilines is 1. The fraction of sp³-hybridized carbons (Fsp3) is 0.529. The molecular weight excluding hydrogens is 390 g/mol. The highest BCUT2D eigenvalue weighted by Gasteiger charge is 2.28. The van der Waals surface area contributed by atoms with Crippen molar-refractivity contribution in [2.45, 2.75) is 44.6 Å². The molecule has 1 aliphatic rings. The van der Waals surface area contributed by atoms with Gasteiger partial charge in [0.2, 0.25) is 5.91 Å². The molecular formula is C17H25N3O5S2. The van der Waals surface area contributed by atoms with Gasteiger partial charge in [-0.15, -0.1) is 0 Å². The maximum absolute atomic E-state index is 12.9. The first-order chi connectivity index (χ1) is 12.7. The van der Waals surface area contributed by atoms with E-state index in [1.165, 1.54) is 19.2 Å². The van der Waals surface area contributed by atoms with Crippen LogP contribution in [-0.2, 0) is 21.5 Å². The van der Waals surface area contributed by atoms with Gasteiger partial charge < -0.3 is 10.1 Å². The van der Waals surface area contributed by atoms with Crippen LogP contribution in [-0.4, -0.2) is 49.1 Å². The Kier molecular flexibility index (Phi) is 7.40. The molecule has 150 valence electrons. The van der Waals surface area contributed by atoms with Crippen LogP contribution in [0.3, 0.4) is 0 Å². The molecule has 0 aromatic heterocycles. The van der Waals surface area contributed by atoms with E-state index in [1.807, 2.05) is 4.72 Å². The molecule has 1 aromatic rings. The van der Waals surface area contributed by atoms with Crippen molar-refractivity contribution in [2.75, 3.05) is 18.9 Å². The van der Waals surface area contributed by atoms with Crippen LogP contribution < -0.4 is 14.8 Å². The van der Waals surface area contributed by atoms with E-state index in [1.54, 1.807) is 18.0 Å². The third-order valence-corrected chi connectivity index (χ3v) is 5.38. The Morgan fingerprint density at radius 1 is 1.33 bits per heavy atom. The van der Waals surface area contributed by atoms with E-state index in [0.717, 1.165) is 32.1 Å². The number of methoxy groups -OCH3 is 1. The van der Waals surface area contributed by atoms with E-state index in [-0.39, 0.29) is 29.8 Å². The number of nitrogens with zero attached hydrogens (tertiary/aromatic N) is 1. The van der Waals surface area contributed by atoms with Crippen molar-refractivity contribution in [3.63, 3.8) is 0 Å². The van der Waals surface area contributed by atoms with Gasteiger partial charge in [0.25, 0.3) is 0 Å². The van der Waals surface area contributed by atoms with Crippen molar-refractivity contribution < 1.29 is 22.5 Å². The lowest BCUT2D eigenvalue weighted by atomic mass is 9.94. The van der Waals surface area contributed by atoms with Crippen molar-refractivity contribution in [1.29, 1.82) is 0 Å². The maximum Gasteiger partial charge on any atom is 0.357 e. The summed E-state index contributed by atoms with van der Waals surface area (Å²) in [5.74, 6) is 0.0722. The predicted molar refractivity (Wildman–Crippen MR) is 107 cm³/mol. The number of carbonyl (C=O) groups excluding carboxylic acids is 1. The Bertz CT molecular complexity index is 792. The highest BCUT2D eigenvalue weighted by Crippen LogP contribution is 2.28. The maximum atomic E-state index is 12.9. The van der Waals surface area contributed by atoms with Crippen molar-refractivity contribution >= 4 is 39.2 Å². The zero-order valence-corrected chi connectivity index (χ0v) is 17.0. The molecule has 10 heteroatoms. The van der Waals surface area contributed by atoms with Gasteiger partial charge in [-0.1, -0.05) is 25.3 Å². The Hall–Kier alpha value is -1.91. The third-order valence-electron chi connectivity index (χ3n) is 4.50. The number of thiocarbonyl (C=S) groups is 1. The Balaban J connectivity index is 2.23. The van der Waals surface area contributed by atoms with Gasteiger partial charge in [0, 0.05) is 13.1 Å². The van der Waals surface area contributed by atoms with E-state index >= 15 is 0 Å². The summed E-state index contributed by atoms with van der Waals surface area (Å²) >= 11 is 5.34. The number of hydrogen-bond donors (Lipinski definition) is 3. The number of nitrogens with one attached hydrogen (secondary N) is 2. The monoisotopic (exact) mass is 415 g/mol. The summed E-state index contributed by atoms with van der Waals surface area (Å²) < 4.78 is 38.4. The van der Waals surface area contributed by atoms with Crippen molar-refractivity contribution in [1.82, 2.24) is 10.2 Å². The second-order valence-corrected chi connectivity index (χ2v) is 7.94. The molecule has 0 bridgehead atoms. The summed E-state index contributed by atoms with van der Waals surface area (Å²) in [4.78, 5) is 14.6. The summed E-state index contributed by atoms with van der Waals surface area (Å²) in [5, 5.41) is 3.27. The molecule has 1 amide bonds. The van der Waals surface area contributed by atoms with Crippen LogP contribution >= 0.6 is 12.2 Å². The van der Waals surface area contributed by atoms with E-state index in [9.17, 15) is 13.2 Å². The largest absolute Gasteiger partial charge is 0.495 e. The van der Waals surface area contributed by atoms with Crippen LogP contribution in [0.5, 0.6) is 5.75 Å². The number of rotatable bonds is 6. The second-order valence-electron chi connectivity index (χ2n) is 6.40. The van der Waals surface area contributed by atoms with Crippen LogP contribution in [0.25, 0.3) is 0 Å². The first kappa shape index (κ1) is 21.4.